The number of rotatable bonds is 3. The van der Waals surface area contributed by atoms with Gasteiger partial charge < -0.3 is 4.57 Å². The molecular formula is C18H15Cl4OPSn. The molecule has 0 unspecified atom stereocenters. The van der Waals surface area contributed by atoms with Gasteiger partial charge in [-0.15, -0.1) is 0 Å². The minimum absolute atomic E-state index is 0.873. The minimum atomic E-state index is -3.29. The zero-order chi connectivity index (χ0) is 18.3. The maximum absolute atomic E-state index is 13.8. The van der Waals surface area contributed by atoms with E-state index in [1.165, 1.54) is 0 Å². The quantitative estimate of drug-likeness (QED) is 0.309. The zero-order valence-corrected chi connectivity index (χ0v) is 19.8. The van der Waals surface area contributed by atoms with Gasteiger partial charge in [0.1, 0.15) is 0 Å². The first kappa shape index (κ1) is 21.2. The molecule has 0 saturated heterocycles. The molecule has 0 aromatic heterocycles. The van der Waals surface area contributed by atoms with Crippen molar-refractivity contribution in [1.29, 1.82) is 0 Å². The molecule has 0 amide bonds. The van der Waals surface area contributed by atoms with Crippen LogP contribution in [0.25, 0.3) is 0 Å². The van der Waals surface area contributed by atoms with Crippen molar-refractivity contribution >= 4 is 72.6 Å². The molecule has 0 saturated carbocycles. The molecular weight excluding hydrogens is 524 g/mol. The van der Waals surface area contributed by atoms with Gasteiger partial charge in [-0.3, -0.25) is 0 Å². The van der Waals surface area contributed by atoms with Gasteiger partial charge in [0.25, 0.3) is 0 Å². The Bertz CT molecular complexity index is 715. The molecule has 0 atom stereocenters. The molecule has 0 aliphatic heterocycles. The molecule has 0 aliphatic carbocycles. The van der Waals surface area contributed by atoms with Crippen LogP contribution in [0.15, 0.2) is 91.0 Å². The van der Waals surface area contributed by atoms with Crippen LogP contribution in [-0.2, 0) is 4.57 Å². The molecule has 130 valence electrons. The second kappa shape index (κ2) is 9.69. The molecule has 3 rings (SSSR count). The van der Waals surface area contributed by atoms with Crippen LogP contribution in [0.4, 0.5) is 0 Å². The topological polar surface area (TPSA) is 17.1 Å². The Hall–Kier alpha value is -0.151. The third kappa shape index (κ3) is 6.50. The number of halogens is 4. The summed E-state index contributed by atoms with van der Waals surface area (Å²) in [5, 5.41) is 2.62. The van der Waals surface area contributed by atoms with Crippen LogP contribution >= 0.6 is 42.8 Å². The number of hydrogen-bond acceptors (Lipinski definition) is 1. The van der Waals surface area contributed by atoms with Crippen LogP contribution < -0.4 is 15.9 Å². The Balaban J connectivity index is 0.000000399. The standard InChI is InChI=1S/C18H15OP.4ClH.Sn/c19-20(16-10-4-1-5-11-16,17-12-6-2-7-13-17)18-14-8-3-9-15-18;;;;;/h1-15H;4*1H;/q;;;;;+4/p-4. The first-order valence-corrected chi connectivity index (χ1v) is 23.5. The van der Waals surface area contributed by atoms with Gasteiger partial charge in [-0.05, 0) is 0 Å². The van der Waals surface area contributed by atoms with E-state index in [1.807, 2.05) is 91.0 Å². The van der Waals surface area contributed by atoms with Crippen molar-refractivity contribution in [2.75, 3.05) is 0 Å². The van der Waals surface area contributed by atoms with E-state index in [4.69, 9.17) is 35.7 Å². The number of hydrogen-bond donors (Lipinski definition) is 0. The monoisotopic (exact) mass is 538 g/mol. The fourth-order valence-electron chi connectivity index (χ4n) is 2.36. The van der Waals surface area contributed by atoms with E-state index in [0.29, 0.717) is 0 Å². The van der Waals surface area contributed by atoms with E-state index in [9.17, 15) is 4.57 Å². The first-order chi connectivity index (χ1) is 11.8. The molecule has 7 heteroatoms. The summed E-state index contributed by atoms with van der Waals surface area (Å²) in [5.74, 6) is 0. The van der Waals surface area contributed by atoms with Crippen molar-refractivity contribution in [1.82, 2.24) is 0 Å². The Morgan fingerprint density at radius 3 is 0.920 bits per heavy atom. The van der Waals surface area contributed by atoms with Crippen molar-refractivity contribution in [3.8, 4) is 0 Å². The van der Waals surface area contributed by atoms with Gasteiger partial charge in [-0.25, -0.2) is 0 Å². The third-order valence-electron chi connectivity index (χ3n) is 3.36. The summed E-state index contributed by atoms with van der Waals surface area (Å²) in [5.41, 5.74) is 0. The maximum atomic E-state index is 13.8. The van der Waals surface area contributed by atoms with Crippen molar-refractivity contribution in [2.24, 2.45) is 0 Å². The van der Waals surface area contributed by atoms with Gasteiger partial charge in [0, 0.05) is 15.9 Å². The average Bonchev–Trinajstić information content (AvgIpc) is 2.62. The first-order valence-electron chi connectivity index (χ1n) is 7.34. The molecule has 0 heterocycles. The van der Waals surface area contributed by atoms with Crippen LogP contribution in [0.5, 0.6) is 0 Å². The Morgan fingerprint density at radius 2 is 0.720 bits per heavy atom. The molecule has 0 N–H and O–H groups in total. The second-order valence-corrected chi connectivity index (χ2v) is 33.3. The Kier molecular flexibility index (Phi) is 8.20. The summed E-state index contributed by atoms with van der Waals surface area (Å²) in [6.45, 7) is 0. The molecule has 3 aromatic rings. The fourth-order valence-corrected chi connectivity index (χ4v) is 5.03. The van der Waals surface area contributed by atoms with E-state index >= 15 is 0 Å². The van der Waals surface area contributed by atoms with E-state index in [1.54, 1.807) is 0 Å². The van der Waals surface area contributed by atoms with Crippen LogP contribution in [0.1, 0.15) is 0 Å². The van der Waals surface area contributed by atoms with Crippen LogP contribution in [-0.4, -0.2) is 13.9 Å². The summed E-state index contributed by atoms with van der Waals surface area (Å²) in [7, 11) is 17.4. The summed E-state index contributed by atoms with van der Waals surface area (Å²) < 4.78 is 13.8. The SMILES string of the molecule is O=P(c1ccccc1)(c1ccccc1)c1ccccc1.[Cl][Sn]([Cl])([Cl])[Cl]. The molecule has 0 bridgehead atoms. The van der Waals surface area contributed by atoms with Crippen molar-refractivity contribution in [3.63, 3.8) is 0 Å². The van der Waals surface area contributed by atoms with Crippen LogP contribution in [0.2, 0.25) is 0 Å². The van der Waals surface area contributed by atoms with Crippen molar-refractivity contribution < 1.29 is 4.57 Å². The molecule has 0 radical (unpaired) electrons. The van der Waals surface area contributed by atoms with E-state index in [-0.39, 0.29) is 0 Å². The van der Waals surface area contributed by atoms with Gasteiger partial charge in [-0.1, -0.05) is 91.0 Å². The third-order valence-corrected chi connectivity index (χ3v) is 6.44. The van der Waals surface area contributed by atoms with Gasteiger partial charge in [-0.2, -0.15) is 0 Å². The molecule has 0 fully saturated rings. The van der Waals surface area contributed by atoms with Crippen LogP contribution in [0.3, 0.4) is 0 Å². The summed E-state index contributed by atoms with van der Waals surface area (Å²) in [6, 6.07) is 29.1. The van der Waals surface area contributed by atoms with Crippen molar-refractivity contribution in [3.05, 3.63) is 91.0 Å². The zero-order valence-electron chi connectivity index (χ0n) is 13.0. The fraction of sp³-hybridized carbons (Fsp3) is 0. The molecule has 0 aliphatic rings. The summed E-state index contributed by atoms with van der Waals surface area (Å²) in [6.07, 6.45) is 0. The second-order valence-electron chi connectivity index (χ2n) is 5.04. The van der Waals surface area contributed by atoms with Gasteiger partial charge >= 0.3 is 49.6 Å². The van der Waals surface area contributed by atoms with E-state index in [2.05, 4.69) is 0 Å². The van der Waals surface area contributed by atoms with E-state index in [0.717, 1.165) is 15.9 Å². The van der Waals surface area contributed by atoms with Gasteiger partial charge in [0.15, 0.2) is 7.14 Å². The molecule has 3 aromatic carbocycles. The Morgan fingerprint density at radius 1 is 0.520 bits per heavy atom. The average molecular weight is 539 g/mol. The molecule has 25 heavy (non-hydrogen) atoms. The molecule has 1 nitrogen and oxygen atoms in total. The molecule has 0 spiro atoms. The van der Waals surface area contributed by atoms with E-state index < -0.39 is 21.0 Å². The normalized spacial score (nSPS) is 11.4. The predicted octanol–water partition coefficient (Wildman–Crippen LogP) is 5.70. The number of benzene rings is 3. The predicted molar refractivity (Wildman–Crippen MR) is 115 cm³/mol. The Labute approximate surface area is 167 Å². The summed E-state index contributed by atoms with van der Waals surface area (Å²) >= 11 is -3.29. The van der Waals surface area contributed by atoms with Crippen molar-refractivity contribution in [2.45, 2.75) is 0 Å². The van der Waals surface area contributed by atoms with Crippen LogP contribution in [0, 0.1) is 0 Å². The van der Waals surface area contributed by atoms with Gasteiger partial charge in [0.05, 0.1) is 0 Å². The van der Waals surface area contributed by atoms with Gasteiger partial charge in [0.2, 0.25) is 0 Å². The summed E-state index contributed by atoms with van der Waals surface area (Å²) in [4.78, 5) is 0.